The molecule has 1 atom stereocenters. The minimum absolute atomic E-state index is 0.502. The van der Waals surface area contributed by atoms with Crippen molar-refractivity contribution in [1.82, 2.24) is 9.88 Å². The van der Waals surface area contributed by atoms with Gasteiger partial charge in [0.2, 0.25) is 0 Å². The molecule has 0 bridgehead atoms. The van der Waals surface area contributed by atoms with E-state index in [-0.39, 0.29) is 0 Å². The molecule has 1 aromatic rings. The molecule has 110 valence electrons. The first-order valence-corrected chi connectivity index (χ1v) is 8.25. The highest BCUT2D eigenvalue weighted by atomic mass is 15.2. The lowest BCUT2D eigenvalue weighted by Gasteiger charge is -2.34. The van der Waals surface area contributed by atoms with Crippen molar-refractivity contribution in [2.75, 3.05) is 13.1 Å². The van der Waals surface area contributed by atoms with E-state index in [0.717, 1.165) is 13.1 Å². The van der Waals surface area contributed by atoms with E-state index in [1.807, 2.05) is 18.5 Å². The van der Waals surface area contributed by atoms with E-state index >= 15 is 0 Å². The molecule has 1 aliphatic heterocycles. The van der Waals surface area contributed by atoms with Crippen LogP contribution in [-0.4, -0.2) is 23.0 Å². The van der Waals surface area contributed by atoms with Gasteiger partial charge in [0, 0.05) is 18.4 Å². The molecule has 3 rings (SSSR count). The Labute approximate surface area is 128 Å². The van der Waals surface area contributed by atoms with Crippen LogP contribution in [0.3, 0.4) is 0 Å². The van der Waals surface area contributed by atoms with Crippen molar-refractivity contribution in [3.63, 3.8) is 0 Å². The fourth-order valence-electron chi connectivity index (χ4n) is 3.34. The van der Waals surface area contributed by atoms with Gasteiger partial charge in [-0.1, -0.05) is 30.4 Å². The van der Waals surface area contributed by atoms with Crippen LogP contribution in [0, 0.1) is 11.8 Å². The fourth-order valence-corrected chi connectivity index (χ4v) is 3.34. The smallest absolute Gasteiger partial charge is 0.0610 e. The van der Waals surface area contributed by atoms with Crippen molar-refractivity contribution in [1.29, 1.82) is 0 Å². The Kier molecular flexibility index (Phi) is 5.08. The van der Waals surface area contributed by atoms with Crippen LogP contribution in [0.25, 0.3) is 0 Å². The van der Waals surface area contributed by atoms with Crippen LogP contribution in [0.15, 0.2) is 36.2 Å². The van der Waals surface area contributed by atoms with Gasteiger partial charge in [0.05, 0.1) is 6.54 Å². The average molecular weight is 280 g/mol. The molecule has 0 spiro atoms. The lowest BCUT2D eigenvalue weighted by atomic mass is 9.96. The highest BCUT2D eigenvalue weighted by Gasteiger charge is 2.23. The van der Waals surface area contributed by atoms with E-state index in [2.05, 4.69) is 33.9 Å². The number of piperidine rings is 1. The lowest BCUT2D eigenvalue weighted by molar-refractivity contribution is 0.169. The second kappa shape index (κ2) is 7.43. The molecule has 1 aliphatic carbocycles. The van der Waals surface area contributed by atoms with Crippen LogP contribution in [-0.2, 0) is 0 Å². The summed E-state index contributed by atoms with van der Waals surface area (Å²) in [4.78, 5) is 6.80. The first kappa shape index (κ1) is 14.4. The van der Waals surface area contributed by atoms with Crippen LogP contribution >= 0.6 is 0 Å². The molecule has 1 aromatic heterocycles. The number of allylic oxidation sites excluding steroid dienone is 2. The van der Waals surface area contributed by atoms with Crippen LogP contribution in [0.1, 0.15) is 56.6 Å². The maximum Gasteiger partial charge on any atom is 0.0610 e. The van der Waals surface area contributed by atoms with Gasteiger partial charge in [0.15, 0.2) is 0 Å². The van der Waals surface area contributed by atoms with Gasteiger partial charge >= 0.3 is 0 Å². The van der Waals surface area contributed by atoms with Gasteiger partial charge in [-0.25, -0.2) is 0 Å². The van der Waals surface area contributed by atoms with Crippen molar-refractivity contribution < 1.29 is 0 Å². The number of pyridine rings is 1. The van der Waals surface area contributed by atoms with Gasteiger partial charge in [0.25, 0.3) is 0 Å². The first-order valence-electron chi connectivity index (χ1n) is 8.25. The molecule has 2 heteroatoms. The van der Waals surface area contributed by atoms with Gasteiger partial charge in [-0.3, -0.25) is 9.88 Å². The Morgan fingerprint density at radius 2 is 2.24 bits per heavy atom. The molecule has 0 aromatic carbocycles. The second-order valence-corrected chi connectivity index (χ2v) is 6.05. The summed E-state index contributed by atoms with van der Waals surface area (Å²) in [6.45, 7) is 2.05. The third-order valence-corrected chi connectivity index (χ3v) is 4.50. The van der Waals surface area contributed by atoms with Crippen LogP contribution in [0.5, 0.6) is 0 Å². The van der Waals surface area contributed by atoms with E-state index in [9.17, 15) is 0 Å². The topological polar surface area (TPSA) is 16.1 Å². The predicted octanol–water partition coefficient (Wildman–Crippen LogP) is 4.11. The number of nitrogens with zero attached hydrogens (tertiary/aromatic N) is 2. The molecular formula is C19H24N2. The standard InChI is InChI=1S/C19H24N2/c1-2-8-17(9-3-1)10-7-15-21-14-5-4-12-19(21)18-11-6-13-20-16-18/h6,8,11,13,16,19H,1-5,9,12,14-15H2. The van der Waals surface area contributed by atoms with E-state index in [1.54, 1.807) is 0 Å². The minimum atomic E-state index is 0.502. The molecule has 0 radical (unpaired) electrons. The molecule has 2 heterocycles. The Hall–Kier alpha value is -1.59. The molecule has 1 fully saturated rings. The third kappa shape index (κ3) is 3.95. The largest absolute Gasteiger partial charge is 0.285 e. The Bertz CT molecular complexity index is 536. The molecule has 1 unspecified atom stereocenters. The Balaban J connectivity index is 1.65. The molecule has 2 nitrogen and oxygen atoms in total. The zero-order valence-corrected chi connectivity index (χ0v) is 12.7. The maximum atomic E-state index is 4.28. The minimum Gasteiger partial charge on any atom is -0.285 e. The SMILES string of the molecule is C(#CC1=CCCCC1)CN1CCCCC1c1cccnc1. The summed E-state index contributed by atoms with van der Waals surface area (Å²) in [7, 11) is 0. The van der Waals surface area contributed by atoms with Gasteiger partial charge in [0.1, 0.15) is 0 Å². The number of hydrogen-bond donors (Lipinski definition) is 0. The summed E-state index contributed by atoms with van der Waals surface area (Å²) in [5, 5.41) is 0. The van der Waals surface area contributed by atoms with E-state index in [1.165, 1.54) is 56.1 Å². The van der Waals surface area contributed by atoms with Crippen molar-refractivity contribution in [2.24, 2.45) is 0 Å². The quantitative estimate of drug-likeness (QED) is 0.758. The summed E-state index contributed by atoms with van der Waals surface area (Å²) in [5.41, 5.74) is 2.70. The monoisotopic (exact) mass is 280 g/mol. The fraction of sp³-hybridized carbons (Fsp3) is 0.526. The van der Waals surface area contributed by atoms with Crippen molar-refractivity contribution in [2.45, 2.75) is 51.0 Å². The molecular weight excluding hydrogens is 256 g/mol. The van der Waals surface area contributed by atoms with E-state index in [0.29, 0.717) is 6.04 Å². The molecule has 2 aliphatic rings. The maximum absolute atomic E-state index is 4.28. The molecule has 1 saturated heterocycles. The summed E-state index contributed by atoms with van der Waals surface area (Å²) >= 11 is 0. The highest BCUT2D eigenvalue weighted by molar-refractivity contribution is 5.30. The van der Waals surface area contributed by atoms with Gasteiger partial charge in [-0.2, -0.15) is 0 Å². The van der Waals surface area contributed by atoms with Crippen molar-refractivity contribution in [3.05, 3.63) is 41.7 Å². The van der Waals surface area contributed by atoms with Gasteiger partial charge in [-0.15, -0.1) is 0 Å². The normalized spacial score (nSPS) is 23.0. The average Bonchev–Trinajstić information content (AvgIpc) is 2.57. The summed E-state index contributed by atoms with van der Waals surface area (Å²) in [6.07, 6.45) is 15.1. The number of rotatable bonds is 2. The summed E-state index contributed by atoms with van der Waals surface area (Å²) in [6, 6.07) is 4.75. The zero-order chi connectivity index (χ0) is 14.3. The van der Waals surface area contributed by atoms with Gasteiger partial charge < -0.3 is 0 Å². The summed E-state index contributed by atoms with van der Waals surface area (Å²) in [5.74, 6) is 6.81. The molecule has 0 N–H and O–H groups in total. The van der Waals surface area contributed by atoms with Crippen molar-refractivity contribution in [3.8, 4) is 11.8 Å². The van der Waals surface area contributed by atoms with Crippen LogP contribution < -0.4 is 0 Å². The van der Waals surface area contributed by atoms with E-state index < -0.39 is 0 Å². The van der Waals surface area contributed by atoms with Gasteiger partial charge in [-0.05, 0) is 62.3 Å². The molecule has 0 amide bonds. The van der Waals surface area contributed by atoms with Crippen molar-refractivity contribution >= 4 is 0 Å². The van der Waals surface area contributed by atoms with Crippen LogP contribution in [0.4, 0.5) is 0 Å². The third-order valence-electron chi connectivity index (χ3n) is 4.50. The molecule has 21 heavy (non-hydrogen) atoms. The summed E-state index contributed by atoms with van der Waals surface area (Å²) < 4.78 is 0. The van der Waals surface area contributed by atoms with Crippen LogP contribution in [0.2, 0.25) is 0 Å². The van der Waals surface area contributed by atoms with E-state index in [4.69, 9.17) is 0 Å². The lowest BCUT2D eigenvalue weighted by Crippen LogP contribution is -2.33. The highest BCUT2D eigenvalue weighted by Crippen LogP contribution is 2.29. The number of likely N-dealkylation sites (tertiary alicyclic amines) is 1. The number of hydrogen-bond acceptors (Lipinski definition) is 2. The zero-order valence-electron chi connectivity index (χ0n) is 12.7. The molecule has 0 saturated carbocycles. The predicted molar refractivity (Wildman–Crippen MR) is 86.7 cm³/mol. The number of aromatic nitrogens is 1. The Morgan fingerprint density at radius 3 is 3.05 bits per heavy atom. The Morgan fingerprint density at radius 1 is 1.24 bits per heavy atom. The second-order valence-electron chi connectivity index (χ2n) is 6.05. The first-order chi connectivity index (χ1) is 10.4.